The molecule has 0 radical (unpaired) electrons. The summed E-state index contributed by atoms with van der Waals surface area (Å²) in [7, 11) is 0. The van der Waals surface area contributed by atoms with Crippen molar-refractivity contribution in [3.8, 4) is 11.1 Å². The second kappa shape index (κ2) is 7.00. The van der Waals surface area contributed by atoms with Gasteiger partial charge in [0.2, 0.25) is 0 Å². The summed E-state index contributed by atoms with van der Waals surface area (Å²) in [6.07, 6.45) is -3.66. The highest BCUT2D eigenvalue weighted by Gasteiger charge is 2.36. The molecule has 2 aromatic rings. The molecule has 3 nitrogen and oxygen atoms in total. The van der Waals surface area contributed by atoms with E-state index in [0.717, 1.165) is 18.6 Å². The number of benzene rings is 2. The highest BCUT2D eigenvalue weighted by Crippen LogP contribution is 2.33. The highest BCUT2D eigenvalue weighted by molar-refractivity contribution is 6.01. The van der Waals surface area contributed by atoms with Gasteiger partial charge in [-0.3, -0.25) is 4.79 Å². The summed E-state index contributed by atoms with van der Waals surface area (Å²) in [4.78, 5) is 14.9. The first-order valence-corrected chi connectivity index (χ1v) is 8.91. The lowest BCUT2D eigenvalue weighted by Gasteiger charge is -2.42. The second-order valence-electron chi connectivity index (χ2n) is 7.73. The summed E-state index contributed by atoms with van der Waals surface area (Å²) in [5.74, 6) is -0.120. The molecule has 1 unspecified atom stereocenters. The van der Waals surface area contributed by atoms with Gasteiger partial charge in [0, 0.05) is 24.7 Å². The number of halogens is 3. The van der Waals surface area contributed by atoms with Crippen LogP contribution in [0.4, 0.5) is 13.2 Å². The minimum atomic E-state index is -4.38. The number of carbonyl (C=O) groups is 1. The zero-order valence-electron chi connectivity index (χ0n) is 15.4. The molecule has 0 aliphatic carbocycles. The number of hydrogen-bond donors (Lipinski definition) is 1. The molecule has 1 atom stereocenters. The van der Waals surface area contributed by atoms with Gasteiger partial charge in [0.25, 0.3) is 5.91 Å². The Balaban J connectivity index is 1.91. The zero-order valence-corrected chi connectivity index (χ0v) is 15.4. The molecule has 2 aromatic carbocycles. The molecule has 1 heterocycles. The average molecular weight is 376 g/mol. The zero-order chi connectivity index (χ0) is 19.8. The van der Waals surface area contributed by atoms with Gasteiger partial charge in [-0.05, 0) is 41.2 Å². The third-order valence-electron chi connectivity index (χ3n) is 5.28. The summed E-state index contributed by atoms with van der Waals surface area (Å²) >= 11 is 0. The molecule has 1 aliphatic rings. The van der Waals surface area contributed by atoms with E-state index in [1.807, 2.05) is 13.8 Å². The van der Waals surface area contributed by atoms with E-state index in [4.69, 9.17) is 5.73 Å². The Morgan fingerprint density at radius 3 is 2.33 bits per heavy atom. The Kier molecular flexibility index (Phi) is 5.04. The fourth-order valence-electron chi connectivity index (χ4n) is 3.48. The summed E-state index contributed by atoms with van der Waals surface area (Å²) in [6, 6.07) is 12.0. The van der Waals surface area contributed by atoms with Crippen LogP contribution in [-0.2, 0) is 6.18 Å². The Morgan fingerprint density at radius 2 is 1.74 bits per heavy atom. The molecular weight excluding hydrogens is 353 g/mol. The Labute approximate surface area is 157 Å². The molecule has 1 amide bonds. The normalized spacial score (nSPS) is 19.8. The predicted octanol–water partition coefficient (Wildman–Crippen LogP) is 4.57. The van der Waals surface area contributed by atoms with Crippen molar-refractivity contribution in [1.29, 1.82) is 0 Å². The van der Waals surface area contributed by atoms with E-state index in [-0.39, 0.29) is 17.4 Å². The number of amides is 1. The number of hydrogen-bond acceptors (Lipinski definition) is 2. The van der Waals surface area contributed by atoms with E-state index in [9.17, 15) is 18.0 Å². The topological polar surface area (TPSA) is 46.3 Å². The maximum Gasteiger partial charge on any atom is 0.416 e. The van der Waals surface area contributed by atoms with Crippen LogP contribution in [0.5, 0.6) is 0 Å². The Morgan fingerprint density at radius 1 is 1.11 bits per heavy atom. The van der Waals surface area contributed by atoms with Crippen molar-refractivity contribution in [3.05, 3.63) is 59.7 Å². The number of nitrogens with two attached hydrogens (primary N) is 1. The minimum Gasteiger partial charge on any atom is -0.338 e. The van der Waals surface area contributed by atoms with Gasteiger partial charge in [-0.15, -0.1) is 0 Å². The molecule has 27 heavy (non-hydrogen) atoms. The first-order chi connectivity index (χ1) is 12.6. The molecule has 1 fully saturated rings. The molecule has 6 heteroatoms. The molecule has 1 aliphatic heterocycles. The van der Waals surface area contributed by atoms with Gasteiger partial charge in [-0.1, -0.05) is 44.2 Å². The quantitative estimate of drug-likeness (QED) is 0.834. The van der Waals surface area contributed by atoms with Crippen molar-refractivity contribution in [2.24, 2.45) is 11.1 Å². The van der Waals surface area contributed by atoms with Gasteiger partial charge in [-0.2, -0.15) is 13.2 Å². The van der Waals surface area contributed by atoms with Crippen LogP contribution in [-0.4, -0.2) is 29.9 Å². The maximum atomic E-state index is 13.1. The highest BCUT2D eigenvalue weighted by atomic mass is 19.4. The number of likely N-dealkylation sites (tertiary alicyclic amines) is 1. The van der Waals surface area contributed by atoms with Crippen LogP contribution in [0.3, 0.4) is 0 Å². The molecule has 0 bridgehead atoms. The molecule has 0 aromatic heterocycles. The minimum absolute atomic E-state index is 0.0340. The SMILES string of the molecule is CC1(C)CN(C(=O)c2ccccc2-c2ccc(C(F)(F)F)cc2)CCC1N. The number of nitrogens with zero attached hydrogens (tertiary/aromatic N) is 1. The molecule has 0 spiro atoms. The lowest BCUT2D eigenvalue weighted by molar-refractivity contribution is -0.137. The summed E-state index contributed by atoms with van der Waals surface area (Å²) in [6.45, 7) is 5.21. The van der Waals surface area contributed by atoms with Crippen molar-refractivity contribution in [2.75, 3.05) is 13.1 Å². The third kappa shape index (κ3) is 4.00. The van der Waals surface area contributed by atoms with Crippen molar-refractivity contribution >= 4 is 5.91 Å². The van der Waals surface area contributed by atoms with E-state index in [0.29, 0.717) is 29.8 Å². The Bertz CT molecular complexity index is 828. The van der Waals surface area contributed by atoms with Gasteiger partial charge in [-0.25, -0.2) is 0 Å². The number of alkyl halides is 3. The van der Waals surface area contributed by atoms with Crippen LogP contribution in [0.25, 0.3) is 11.1 Å². The largest absolute Gasteiger partial charge is 0.416 e. The molecular formula is C21H23F3N2O. The molecule has 2 N–H and O–H groups in total. The average Bonchev–Trinajstić information content (AvgIpc) is 2.63. The van der Waals surface area contributed by atoms with E-state index < -0.39 is 11.7 Å². The monoisotopic (exact) mass is 376 g/mol. The second-order valence-corrected chi connectivity index (χ2v) is 7.73. The van der Waals surface area contributed by atoms with Crippen LogP contribution >= 0.6 is 0 Å². The molecule has 1 saturated heterocycles. The maximum absolute atomic E-state index is 13.1. The number of rotatable bonds is 2. The standard InChI is InChI=1S/C21H23F3N2O/c1-20(2)13-26(12-11-18(20)25)19(27)17-6-4-3-5-16(17)14-7-9-15(10-8-14)21(22,23)24/h3-10,18H,11-13,25H2,1-2H3. The van der Waals surface area contributed by atoms with Crippen molar-refractivity contribution in [1.82, 2.24) is 4.90 Å². The number of carbonyl (C=O) groups excluding carboxylic acids is 1. The summed E-state index contributed by atoms with van der Waals surface area (Å²) in [5, 5.41) is 0. The van der Waals surface area contributed by atoms with E-state index in [2.05, 4.69) is 0 Å². The Hall–Kier alpha value is -2.34. The fourth-order valence-corrected chi connectivity index (χ4v) is 3.48. The van der Waals surface area contributed by atoms with Crippen molar-refractivity contribution in [2.45, 2.75) is 32.5 Å². The van der Waals surface area contributed by atoms with Crippen molar-refractivity contribution in [3.63, 3.8) is 0 Å². The number of piperidine rings is 1. The van der Waals surface area contributed by atoms with E-state index >= 15 is 0 Å². The molecule has 144 valence electrons. The van der Waals surface area contributed by atoms with E-state index in [1.54, 1.807) is 29.2 Å². The first kappa shape index (κ1) is 19.4. The van der Waals surface area contributed by atoms with Gasteiger partial charge in [0.15, 0.2) is 0 Å². The van der Waals surface area contributed by atoms with Gasteiger partial charge in [0.05, 0.1) is 5.56 Å². The summed E-state index contributed by atoms with van der Waals surface area (Å²) < 4.78 is 38.4. The lowest BCUT2D eigenvalue weighted by atomic mass is 9.79. The fraction of sp³-hybridized carbons (Fsp3) is 0.381. The van der Waals surface area contributed by atoms with Gasteiger partial charge >= 0.3 is 6.18 Å². The lowest BCUT2D eigenvalue weighted by Crippen LogP contribution is -2.54. The smallest absolute Gasteiger partial charge is 0.338 e. The van der Waals surface area contributed by atoms with Gasteiger partial charge < -0.3 is 10.6 Å². The van der Waals surface area contributed by atoms with Crippen LogP contribution in [0.15, 0.2) is 48.5 Å². The first-order valence-electron chi connectivity index (χ1n) is 8.91. The third-order valence-corrected chi connectivity index (χ3v) is 5.28. The molecule has 0 saturated carbocycles. The predicted molar refractivity (Wildman–Crippen MR) is 99.2 cm³/mol. The summed E-state index contributed by atoms with van der Waals surface area (Å²) in [5.41, 5.74) is 6.97. The van der Waals surface area contributed by atoms with Crippen LogP contribution in [0, 0.1) is 5.41 Å². The van der Waals surface area contributed by atoms with E-state index in [1.165, 1.54) is 12.1 Å². The molecule has 3 rings (SSSR count). The van der Waals surface area contributed by atoms with Crippen LogP contribution in [0.2, 0.25) is 0 Å². The van der Waals surface area contributed by atoms with Crippen molar-refractivity contribution < 1.29 is 18.0 Å². The van der Waals surface area contributed by atoms with Crippen LogP contribution < -0.4 is 5.73 Å². The van der Waals surface area contributed by atoms with Gasteiger partial charge in [0.1, 0.15) is 0 Å². The van der Waals surface area contributed by atoms with Crippen LogP contribution in [0.1, 0.15) is 36.2 Å².